The van der Waals surface area contributed by atoms with E-state index in [4.69, 9.17) is 0 Å². The zero-order chi connectivity index (χ0) is 9.14. The second kappa shape index (κ2) is 3.26. The zero-order valence-corrected chi connectivity index (χ0v) is 6.50. The summed E-state index contributed by atoms with van der Waals surface area (Å²) in [6.45, 7) is 1.65. The lowest BCUT2D eigenvalue weighted by atomic mass is 10.1. The summed E-state index contributed by atoms with van der Waals surface area (Å²) in [6.07, 6.45) is 0.990. The maximum Gasteiger partial charge on any atom is 0.153 e. The summed E-state index contributed by atoms with van der Waals surface area (Å²) in [6, 6.07) is 2.41. The van der Waals surface area contributed by atoms with Crippen molar-refractivity contribution in [1.82, 2.24) is 0 Å². The fourth-order valence-electron chi connectivity index (χ4n) is 0.937. The maximum atomic E-state index is 12.8. The van der Waals surface area contributed by atoms with Crippen molar-refractivity contribution in [1.29, 1.82) is 0 Å². The van der Waals surface area contributed by atoms with Crippen LogP contribution >= 0.6 is 0 Å². The lowest BCUT2D eigenvalue weighted by Crippen LogP contribution is -1.94. The number of aryl methyl sites for hydroxylation is 1. The fourth-order valence-corrected chi connectivity index (χ4v) is 0.937. The summed E-state index contributed by atoms with van der Waals surface area (Å²) in [7, 11) is 0. The molecule has 1 aromatic rings. The molecule has 0 heterocycles. The minimum atomic E-state index is -0.655. The van der Waals surface area contributed by atoms with E-state index in [9.17, 15) is 14.0 Å². The number of aldehydes is 2. The molecular weight excluding hydrogens is 159 g/mol. The Balaban J connectivity index is 3.34. The second-order valence-electron chi connectivity index (χ2n) is 2.47. The zero-order valence-electron chi connectivity index (χ0n) is 6.50. The summed E-state index contributed by atoms with van der Waals surface area (Å²) < 4.78 is 12.8. The highest BCUT2D eigenvalue weighted by atomic mass is 19.1. The quantitative estimate of drug-likeness (QED) is 0.627. The first kappa shape index (κ1) is 8.59. The maximum absolute atomic E-state index is 12.8. The lowest BCUT2D eigenvalue weighted by molar-refractivity contribution is 0.110. The van der Waals surface area contributed by atoms with Crippen LogP contribution in [-0.2, 0) is 0 Å². The van der Waals surface area contributed by atoms with Crippen molar-refractivity contribution in [3.05, 3.63) is 34.6 Å². The van der Waals surface area contributed by atoms with Gasteiger partial charge in [0.25, 0.3) is 0 Å². The van der Waals surface area contributed by atoms with E-state index in [1.165, 1.54) is 6.07 Å². The predicted molar refractivity (Wildman–Crippen MR) is 41.9 cm³/mol. The van der Waals surface area contributed by atoms with Gasteiger partial charge >= 0.3 is 0 Å². The molecule has 0 spiro atoms. The van der Waals surface area contributed by atoms with E-state index < -0.39 is 5.82 Å². The summed E-state index contributed by atoms with van der Waals surface area (Å²) in [4.78, 5) is 20.6. The third-order valence-corrected chi connectivity index (χ3v) is 1.64. The minimum absolute atomic E-state index is 0.0156. The fraction of sp³-hybridized carbons (Fsp3) is 0.111. The van der Waals surface area contributed by atoms with E-state index in [1.807, 2.05) is 0 Å². The van der Waals surface area contributed by atoms with Crippen molar-refractivity contribution in [3.8, 4) is 0 Å². The van der Waals surface area contributed by atoms with Crippen LogP contribution < -0.4 is 0 Å². The Kier molecular flexibility index (Phi) is 2.33. The number of benzene rings is 1. The van der Waals surface area contributed by atoms with E-state index in [0.717, 1.165) is 6.07 Å². The van der Waals surface area contributed by atoms with Crippen molar-refractivity contribution in [2.75, 3.05) is 0 Å². The van der Waals surface area contributed by atoms with E-state index in [1.54, 1.807) is 6.92 Å². The van der Waals surface area contributed by atoms with Gasteiger partial charge in [0, 0.05) is 5.56 Å². The first-order chi connectivity index (χ1) is 5.69. The average Bonchev–Trinajstić information content (AvgIpc) is 2.08. The molecule has 0 aliphatic carbocycles. The van der Waals surface area contributed by atoms with Crippen LogP contribution in [0.1, 0.15) is 26.3 Å². The molecule has 1 rings (SSSR count). The number of carbonyl (C=O) groups excluding carboxylic acids is 2. The Hall–Kier alpha value is -1.51. The molecule has 0 bridgehead atoms. The Bertz CT molecular complexity index is 298. The van der Waals surface area contributed by atoms with Crippen molar-refractivity contribution in [2.45, 2.75) is 6.92 Å². The van der Waals surface area contributed by atoms with Crippen molar-refractivity contribution < 1.29 is 14.0 Å². The Morgan fingerprint density at radius 3 is 2.25 bits per heavy atom. The molecule has 0 aliphatic heterocycles. The lowest BCUT2D eigenvalue weighted by Gasteiger charge is -1.99. The number of halogens is 1. The average molecular weight is 166 g/mol. The molecule has 12 heavy (non-hydrogen) atoms. The molecule has 0 unspecified atom stereocenters. The van der Waals surface area contributed by atoms with Crippen LogP contribution in [0, 0.1) is 12.7 Å². The number of rotatable bonds is 2. The van der Waals surface area contributed by atoms with Crippen LogP contribution in [0.5, 0.6) is 0 Å². The molecule has 0 fully saturated rings. The van der Waals surface area contributed by atoms with Crippen LogP contribution in [0.4, 0.5) is 4.39 Å². The summed E-state index contributed by atoms with van der Waals surface area (Å²) >= 11 is 0. The molecule has 3 heteroatoms. The van der Waals surface area contributed by atoms with Gasteiger partial charge in [-0.15, -0.1) is 0 Å². The van der Waals surface area contributed by atoms with Gasteiger partial charge in [-0.25, -0.2) is 4.39 Å². The molecule has 2 nitrogen and oxygen atoms in total. The second-order valence-corrected chi connectivity index (χ2v) is 2.47. The number of hydrogen-bond acceptors (Lipinski definition) is 2. The molecule has 0 saturated heterocycles. The molecule has 0 aliphatic rings. The van der Waals surface area contributed by atoms with Crippen LogP contribution in [0.15, 0.2) is 12.1 Å². The highest BCUT2D eigenvalue weighted by Gasteiger charge is 2.04. The first-order valence-electron chi connectivity index (χ1n) is 3.39. The third kappa shape index (κ3) is 1.39. The minimum Gasteiger partial charge on any atom is -0.298 e. The van der Waals surface area contributed by atoms with E-state index in [0.29, 0.717) is 18.1 Å². The van der Waals surface area contributed by atoms with Crippen molar-refractivity contribution in [3.63, 3.8) is 0 Å². The molecular formula is C9H7FO2. The monoisotopic (exact) mass is 166 g/mol. The molecule has 62 valence electrons. The van der Waals surface area contributed by atoms with Gasteiger partial charge in [-0.05, 0) is 24.6 Å². The molecule has 0 amide bonds. The van der Waals surface area contributed by atoms with Crippen molar-refractivity contribution >= 4 is 12.6 Å². The largest absolute Gasteiger partial charge is 0.298 e. The Morgan fingerprint density at radius 1 is 1.17 bits per heavy atom. The highest BCUT2D eigenvalue weighted by Crippen LogP contribution is 2.11. The van der Waals surface area contributed by atoms with Crippen LogP contribution in [0.25, 0.3) is 0 Å². The Labute approximate surface area is 69.0 Å². The predicted octanol–water partition coefficient (Wildman–Crippen LogP) is 1.76. The van der Waals surface area contributed by atoms with Crippen LogP contribution in [0.3, 0.4) is 0 Å². The van der Waals surface area contributed by atoms with Gasteiger partial charge in [-0.3, -0.25) is 9.59 Å². The summed E-state index contributed by atoms with van der Waals surface area (Å²) in [5.41, 5.74) is 0.865. The summed E-state index contributed by atoms with van der Waals surface area (Å²) in [5.74, 6) is -0.655. The SMILES string of the molecule is Cc1cc(C=O)c(F)cc1C=O. The molecule has 0 radical (unpaired) electrons. The van der Waals surface area contributed by atoms with Gasteiger partial charge in [0.15, 0.2) is 6.29 Å². The molecule has 0 N–H and O–H groups in total. The highest BCUT2D eigenvalue weighted by molar-refractivity contribution is 5.82. The number of carbonyl (C=O) groups is 2. The van der Waals surface area contributed by atoms with Crippen LogP contribution in [0.2, 0.25) is 0 Å². The molecule has 1 aromatic carbocycles. The normalized spacial score (nSPS) is 9.50. The number of hydrogen-bond donors (Lipinski definition) is 0. The molecule has 0 atom stereocenters. The topological polar surface area (TPSA) is 34.1 Å². The standard InChI is InChI=1S/C9H7FO2/c1-6-2-8(5-12)9(10)3-7(6)4-11/h2-5H,1H3. The van der Waals surface area contributed by atoms with Gasteiger partial charge in [0.05, 0.1) is 5.56 Å². The molecule has 0 saturated carbocycles. The smallest absolute Gasteiger partial charge is 0.153 e. The van der Waals surface area contributed by atoms with Crippen molar-refractivity contribution in [2.24, 2.45) is 0 Å². The summed E-state index contributed by atoms with van der Waals surface area (Å²) in [5, 5.41) is 0. The van der Waals surface area contributed by atoms with Gasteiger partial charge in [0.1, 0.15) is 12.1 Å². The first-order valence-corrected chi connectivity index (χ1v) is 3.39. The van der Waals surface area contributed by atoms with Crippen LogP contribution in [-0.4, -0.2) is 12.6 Å². The van der Waals surface area contributed by atoms with Gasteiger partial charge in [-0.2, -0.15) is 0 Å². The Morgan fingerprint density at radius 2 is 1.75 bits per heavy atom. The van der Waals surface area contributed by atoms with E-state index in [2.05, 4.69) is 0 Å². The van der Waals surface area contributed by atoms with Gasteiger partial charge in [-0.1, -0.05) is 0 Å². The third-order valence-electron chi connectivity index (χ3n) is 1.64. The van der Waals surface area contributed by atoms with Gasteiger partial charge < -0.3 is 0 Å². The molecule has 0 aromatic heterocycles. The van der Waals surface area contributed by atoms with E-state index in [-0.39, 0.29) is 11.1 Å². The van der Waals surface area contributed by atoms with Gasteiger partial charge in [0.2, 0.25) is 0 Å². The van der Waals surface area contributed by atoms with E-state index >= 15 is 0 Å².